The SMILES string of the molecule is CC[C@@H](C(=O)NC)N(Cc1ccc(OC)cc1)C(=O)CCCN(c1ccccc1C)S(C)(=O)=O. The molecule has 0 bridgehead atoms. The molecule has 1 atom stereocenters. The summed E-state index contributed by atoms with van der Waals surface area (Å²) in [6, 6.07) is 14.0. The van der Waals surface area contributed by atoms with Crippen molar-refractivity contribution in [3.8, 4) is 5.75 Å². The van der Waals surface area contributed by atoms with E-state index in [-0.39, 0.29) is 31.3 Å². The van der Waals surface area contributed by atoms with Crippen LogP contribution >= 0.6 is 0 Å². The van der Waals surface area contributed by atoms with Gasteiger partial charge in [0.15, 0.2) is 0 Å². The summed E-state index contributed by atoms with van der Waals surface area (Å²) in [5.74, 6) is 0.267. The third-order valence-corrected chi connectivity index (χ3v) is 6.86. The number of hydrogen-bond donors (Lipinski definition) is 1. The van der Waals surface area contributed by atoms with Crippen molar-refractivity contribution < 1.29 is 22.7 Å². The van der Waals surface area contributed by atoms with E-state index in [1.807, 2.05) is 50.2 Å². The summed E-state index contributed by atoms with van der Waals surface area (Å²) >= 11 is 0. The van der Waals surface area contributed by atoms with Gasteiger partial charge in [0.1, 0.15) is 11.8 Å². The van der Waals surface area contributed by atoms with Gasteiger partial charge in [0, 0.05) is 26.6 Å². The number of nitrogens with zero attached hydrogens (tertiary/aromatic N) is 2. The van der Waals surface area contributed by atoms with Crippen molar-refractivity contribution in [1.29, 1.82) is 0 Å². The predicted molar refractivity (Wildman–Crippen MR) is 134 cm³/mol. The number of sulfonamides is 1. The first kappa shape index (κ1) is 27.2. The smallest absolute Gasteiger partial charge is 0.242 e. The first-order valence-electron chi connectivity index (χ1n) is 11.3. The van der Waals surface area contributed by atoms with Crippen LogP contribution in [0.3, 0.4) is 0 Å². The molecule has 2 rings (SSSR count). The fourth-order valence-electron chi connectivity index (χ4n) is 3.84. The number of nitrogens with one attached hydrogen (secondary N) is 1. The molecule has 0 spiro atoms. The maximum atomic E-state index is 13.3. The first-order valence-corrected chi connectivity index (χ1v) is 13.1. The zero-order valence-corrected chi connectivity index (χ0v) is 21.4. The Morgan fingerprint density at radius 3 is 2.26 bits per heavy atom. The van der Waals surface area contributed by atoms with Gasteiger partial charge in [0.2, 0.25) is 21.8 Å². The Hall–Kier alpha value is -3.07. The molecule has 2 aromatic rings. The van der Waals surface area contributed by atoms with Crippen molar-refractivity contribution in [2.24, 2.45) is 0 Å². The van der Waals surface area contributed by atoms with Gasteiger partial charge >= 0.3 is 0 Å². The lowest BCUT2D eigenvalue weighted by molar-refractivity contribution is -0.141. The summed E-state index contributed by atoms with van der Waals surface area (Å²) in [6.07, 6.45) is 2.06. The van der Waals surface area contributed by atoms with E-state index in [0.717, 1.165) is 17.4 Å². The minimum Gasteiger partial charge on any atom is -0.497 e. The lowest BCUT2D eigenvalue weighted by Gasteiger charge is -2.31. The quantitative estimate of drug-likeness (QED) is 0.494. The molecule has 0 radical (unpaired) electrons. The average Bonchev–Trinajstić information content (AvgIpc) is 2.81. The highest BCUT2D eigenvalue weighted by atomic mass is 32.2. The molecule has 9 heteroatoms. The molecule has 0 aliphatic carbocycles. The van der Waals surface area contributed by atoms with Crippen LogP contribution in [0.1, 0.15) is 37.3 Å². The Morgan fingerprint density at radius 2 is 1.74 bits per heavy atom. The van der Waals surface area contributed by atoms with Crippen molar-refractivity contribution >= 4 is 27.5 Å². The van der Waals surface area contributed by atoms with Crippen molar-refractivity contribution in [3.05, 3.63) is 59.7 Å². The highest BCUT2D eigenvalue weighted by molar-refractivity contribution is 7.92. The minimum absolute atomic E-state index is 0.113. The number of likely N-dealkylation sites (N-methyl/N-ethyl adjacent to an activating group) is 1. The number of carbonyl (C=O) groups excluding carboxylic acids is 2. The molecule has 186 valence electrons. The molecule has 0 saturated heterocycles. The predicted octanol–water partition coefficient (Wildman–Crippen LogP) is 3.10. The van der Waals surface area contributed by atoms with Gasteiger partial charge in [-0.2, -0.15) is 0 Å². The van der Waals surface area contributed by atoms with Gasteiger partial charge in [0.05, 0.1) is 19.1 Å². The monoisotopic (exact) mass is 489 g/mol. The lowest BCUT2D eigenvalue weighted by atomic mass is 10.1. The van der Waals surface area contributed by atoms with Gasteiger partial charge in [-0.1, -0.05) is 37.3 Å². The fourth-order valence-corrected chi connectivity index (χ4v) is 4.86. The van der Waals surface area contributed by atoms with Crippen LogP contribution < -0.4 is 14.4 Å². The largest absolute Gasteiger partial charge is 0.497 e. The summed E-state index contributed by atoms with van der Waals surface area (Å²) in [4.78, 5) is 27.4. The number of benzene rings is 2. The normalized spacial score (nSPS) is 12.0. The summed E-state index contributed by atoms with van der Waals surface area (Å²) in [5, 5.41) is 2.64. The van der Waals surface area contributed by atoms with Crippen molar-refractivity contribution in [2.75, 3.05) is 31.3 Å². The van der Waals surface area contributed by atoms with Gasteiger partial charge in [0.25, 0.3) is 0 Å². The Bertz CT molecular complexity index is 1070. The van der Waals surface area contributed by atoms with Crippen LogP contribution in [0.2, 0.25) is 0 Å². The second-order valence-corrected chi connectivity index (χ2v) is 10.0. The van der Waals surface area contributed by atoms with Crippen LogP contribution in [-0.2, 0) is 26.2 Å². The number of rotatable bonds is 12. The Kier molecular flexibility index (Phi) is 9.92. The number of hydrogen-bond acceptors (Lipinski definition) is 5. The van der Waals surface area contributed by atoms with Crippen LogP contribution in [0.25, 0.3) is 0 Å². The molecule has 0 heterocycles. The first-order chi connectivity index (χ1) is 16.1. The van der Waals surface area contributed by atoms with Gasteiger partial charge < -0.3 is 15.0 Å². The summed E-state index contributed by atoms with van der Waals surface area (Å²) in [7, 11) is -0.387. The van der Waals surface area contributed by atoms with Crippen molar-refractivity contribution in [1.82, 2.24) is 10.2 Å². The number of ether oxygens (including phenoxy) is 1. The van der Waals surface area contributed by atoms with E-state index in [4.69, 9.17) is 4.74 Å². The molecule has 2 aromatic carbocycles. The molecule has 0 aliphatic heterocycles. The van der Waals surface area contributed by atoms with E-state index in [2.05, 4.69) is 5.32 Å². The molecule has 8 nitrogen and oxygen atoms in total. The van der Waals surface area contributed by atoms with E-state index in [1.54, 1.807) is 31.2 Å². The highest BCUT2D eigenvalue weighted by Crippen LogP contribution is 2.23. The molecular formula is C25H35N3O5S. The van der Waals surface area contributed by atoms with E-state index < -0.39 is 16.1 Å². The van der Waals surface area contributed by atoms with Crippen molar-refractivity contribution in [3.63, 3.8) is 0 Å². The maximum Gasteiger partial charge on any atom is 0.242 e. The van der Waals surface area contributed by atoms with Crippen LogP contribution in [0.15, 0.2) is 48.5 Å². The third-order valence-electron chi connectivity index (χ3n) is 5.68. The van der Waals surface area contributed by atoms with Crippen LogP contribution in [0.4, 0.5) is 5.69 Å². The molecule has 2 amide bonds. The Balaban J connectivity index is 2.19. The molecular weight excluding hydrogens is 454 g/mol. The van der Waals surface area contributed by atoms with Crippen LogP contribution in [0, 0.1) is 6.92 Å². The summed E-state index contributed by atoms with van der Waals surface area (Å²) in [6.45, 7) is 4.15. The third kappa shape index (κ3) is 7.21. The number of methoxy groups -OCH3 is 1. The maximum absolute atomic E-state index is 13.3. The molecule has 34 heavy (non-hydrogen) atoms. The molecule has 0 aliphatic rings. The standard InChI is InChI=1S/C25H35N3O5S/c1-6-22(25(30)26-3)27(18-20-13-15-21(33-4)16-14-20)24(29)12-9-17-28(34(5,31)32)23-11-8-7-10-19(23)2/h7-8,10-11,13-16,22H,6,9,12,17-18H2,1-5H3,(H,26,30)/t22-/m0/s1. The minimum atomic E-state index is -3.52. The molecule has 1 N–H and O–H groups in total. The van der Waals surface area contributed by atoms with Crippen LogP contribution in [0.5, 0.6) is 5.75 Å². The van der Waals surface area contributed by atoms with Gasteiger partial charge in [-0.3, -0.25) is 13.9 Å². The van der Waals surface area contributed by atoms with Crippen molar-refractivity contribution in [2.45, 2.75) is 45.7 Å². The Labute approximate surface area is 202 Å². The number of aryl methyl sites for hydroxylation is 1. The zero-order chi connectivity index (χ0) is 25.3. The van der Waals surface area contributed by atoms with Crippen LogP contribution in [-0.4, -0.2) is 58.1 Å². The fraction of sp³-hybridized carbons (Fsp3) is 0.440. The van der Waals surface area contributed by atoms with E-state index in [0.29, 0.717) is 24.3 Å². The number of anilines is 1. The van der Waals surface area contributed by atoms with E-state index >= 15 is 0 Å². The van der Waals surface area contributed by atoms with Gasteiger partial charge in [-0.05, 0) is 49.1 Å². The zero-order valence-electron chi connectivity index (χ0n) is 20.6. The highest BCUT2D eigenvalue weighted by Gasteiger charge is 2.28. The summed E-state index contributed by atoms with van der Waals surface area (Å²) < 4.78 is 31.4. The number of carbonyl (C=O) groups is 2. The molecule has 0 unspecified atom stereocenters. The van der Waals surface area contributed by atoms with Gasteiger partial charge in [-0.25, -0.2) is 8.42 Å². The number of amides is 2. The van der Waals surface area contributed by atoms with E-state index in [9.17, 15) is 18.0 Å². The van der Waals surface area contributed by atoms with Gasteiger partial charge in [-0.15, -0.1) is 0 Å². The molecule has 0 saturated carbocycles. The Morgan fingerprint density at radius 1 is 1.09 bits per heavy atom. The summed E-state index contributed by atoms with van der Waals surface area (Å²) in [5.41, 5.74) is 2.31. The second-order valence-electron chi connectivity index (χ2n) is 8.13. The number of para-hydroxylation sites is 1. The topological polar surface area (TPSA) is 96.0 Å². The molecule has 0 aromatic heterocycles. The second kappa shape index (κ2) is 12.4. The van der Waals surface area contributed by atoms with E-state index in [1.165, 1.54) is 4.31 Å². The average molecular weight is 490 g/mol. The molecule has 0 fully saturated rings. The lowest BCUT2D eigenvalue weighted by Crippen LogP contribution is -2.48.